The van der Waals surface area contributed by atoms with E-state index < -0.39 is 32.6 Å². The SMILES string of the molecule is CCN1\C(=C/C=C/C=C/c2n(C)c3cc(Cl)ccc3[n+]2CC)N(CCCS(=O)(=O)O)c2cc(C(F)(F)F)c(Cl)cc21. The number of aromatic nitrogens is 2. The van der Waals surface area contributed by atoms with E-state index in [1.807, 2.05) is 53.8 Å². The van der Waals surface area contributed by atoms with E-state index in [4.69, 9.17) is 23.2 Å². The Labute approximate surface area is 247 Å². The van der Waals surface area contributed by atoms with E-state index in [9.17, 15) is 26.1 Å². The van der Waals surface area contributed by atoms with Gasteiger partial charge in [-0.15, -0.1) is 0 Å². The third-order valence-electron chi connectivity index (χ3n) is 6.84. The van der Waals surface area contributed by atoms with Crippen LogP contribution in [0.4, 0.5) is 24.5 Å². The molecule has 0 saturated carbocycles. The summed E-state index contributed by atoms with van der Waals surface area (Å²) < 4.78 is 76.9. The number of fused-ring (bicyclic) bond motifs is 2. The van der Waals surface area contributed by atoms with Crippen molar-refractivity contribution in [2.75, 3.05) is 28.6 Å². The molecule has 1 aromatic heterocycles. The molecule has 41 heavy (non-hydrogen) atoms. The summed E-state index contributed by atoms with van der Waals surface area (Å²) in [5.74, 6) is 0.983. The Morgan fingerprint density at radius 2 is 1.73 bits per heavy atom. The van der Waals surface area contributed by atoms with E-state index in [0.29, 0.717) is 23.1 Å². The molecule has 0 radical (unpaired) electrons. The minimum absolute atomic E-state index is 0.00282. The van der Waals surface area contributed by atoms with Gasteiger partial charge < -0.3 is 9.80 Å². The maximum atomic E-state index is 13.7. The summed E-state index contributed by atoms with van der Waals surface area (Å²) >= 11 is 12.2. The lowest BCUT2D eigenvalue weighted by Gasteiger charge is -2.24. The van der Waals surface area contributed by atoms with Crippen molar-refractivity contribution in [3.63, 3.8) is 0 Å². The van der Waals surface area contributed by atoms with Crippen LogP contribution in [0.2, 0.25) is 10.0 Å². The first kappa shape index (κ1) is 31.0. The Morgan fingerprint density at radius 1 is 1.02 bits per heavy atom. The molecule has 0 aliphatic carbocycles. The summed E-state index contributed by atoms with van der Waals surface area (Å²) in [5.41, 5.74) is 1.79. The number of hydrogen-bond acceptors (Lipinski definition) is 4. The lowest BCUT2D eigenvalue weighted by molar-refractivity contribution is -0.670. The first-order chi connectivity index (χ1) is 19.3. The van der Waals surface area contributed by atoms with Crippen LogP contribution in [0.25, 0.3) is 17.1 Å². The summed E-state index contributed by atoms with van der Waals surface area (Å²) in [6.45, 7) is 5.14. The number of anilines is 2. The quantitative estimate of drug-likeness (QED) is 0.159. The van der Waals surface area contributed by atoms with Crippen LogP contribution in [0.15, 0.2) is 60.5 Å². The molecule has 2 heterocycles. The highest BCUT2D eigenvalue weighted by Gasteiger charge is 2.38. The predicted molar refractivity (Wildman–Crippen MR) is 158 cm³/mol. The molecule has 1 aliphatic heterocycles. The molecule has 0 atom stereocenters. The van der Waals surface area contributed by atoms with Gasteiger partial charge in [0.2, 0.25) is 0 Å². The molecule has 0 fully saturated rings. The van der Waals surface area contributed by atoms with Crippen LogP contribution in [0.3, 0.4) is 0 Å². The molecular weight excluding hydrogens is 600 g/mol. The molecule has 0 amide bonds. The van der Waals surface area contributed by atoms with E-state index >= 15 is 0 Å². The van der Waals surface area contributed by atoms with E-state index in [1.54, 1.807) is 23.1 Å². The second kappa shape index (κ2) is 12.1. The van der Waals surface area contributed by atoms with Gasteiger partial charge in [-0.25, -0.2) is 9.13 Å². The number of alkyl halides is 3. The van der Waals surface area contributed by atoms with Crippen LogP contribution in [-0.2, 0) is 29.9 Å². The fourth-order valence-electron chi connectivity index (χ4n) is 5.05. The fourth-order valence-corrected chi connectivity index (χ4v) is 5.97. The molecule has 13 heteroatoms. The number of halogens is 5. The number of benzene rings is 2. The molecule has 7 nitrogen and oxygen atoms in total. The molecule has 1 aliphatic rings. The highest BCUT2D eigenvalue weighted by molar-refractivity contribution is 7.85. The van der Waals surface area contributed by atoms with Crippen molar-refractivity contribution in [1.82, 2.24) is 4.57 Å². The van der Waals surface area contributed by atoms with E-state index in [0.717, 1.165) is 29.5 Å². The number of nitrogens with zero attached hydrogens (tertiary/aromatic N) is 4. The topological polar surface area (TPSA) is 69.7 Å². The average molecular weight is 631 g/mol. The molecule has 2 aromatic carbocycles. The molecule has 3 aromatic rings. The minimum atomic E-state index is -4.66. The Morgan fingerprint density at radius 3 is 2.37 bits per heavy atom. The fraction of sp³-hybridized carbons (Fsp3) is 0.321. The van der Waals surface area contributed by atoms with Crippen LogP contribution in [0.5, 0.6) is 0 Å². The van der Waals surface area contributed by atoms with Gasteiger partial charge in [0.25, 0.3) is 15.9 Å². The first-order valence-electron chi connectivity index (χ1n) is 12.9. The van der Waals surface area contributed by atoms with E-state index in [2.05, 4.69) is 11.5 Å². The van der Waals surface area contributed by atoms with Gasteiger partial charge in [-0.2, -0.15) is 21.6 Å². The summed E-state index contributed by atoms with van der Waals surface area (Å²) in [5, 5.41) is 0.221. The van der Waals surface area contributed by atoms with Gasteiger partial charge in [0.15, 0.2) is 11.0 Å². The molecule has 4 rings (SSSR count). The third-order valence-corrected chi connectivity index (χ3v) is 8.20. The third kappa shape index (κ3) is 6.58. The zero-order valence-electron chi connectivity index (χ0n) is 22.7. The molecule has 0 spiro atoms. The van der Waals surface area contributed by atoms with E-state index in [-0.39, 0.29) is 18.7 Å². The van der Waals surface area contributed by atoms with Gasteiger partial charge in [-0.1, -0.05) is 41.4 Å². The zero-order valence-corrected chi connectivity index (χ0v) is 25.0. The molecule has 0 saturated heterocycles. The van der Waals surface area contributed by atoms with Gasteiger partial charge in [-0.3, -0.25) is 4.55 Å². The molecule has 0 unspecified atom stereocenters. The summed E-state index contributed by atoms with van der Waals surface area (Å²) in [6, 6.07) is 7.99. The first-order valence-corrected chi connectivity index (χ1v) is 15.3. The minimum Gasteiger partial charge on any atom is -0.326 e. The Kier molecular flexibility index (Phi) is 9.13. The average Bonchev–Trinajstić information content (AvgIpc) is 3.31. The number of hydrogen-bond donors (Lipinski definition) is 1. The Hall–Kier alpha value is -2.99. The lowest BCUT2D eigenvalue weighted by Crippen LogP contribution is -2.34. The van der Waals surface area contributed by atoms with Crippen LogP contribution in [-0.4, -0.2) is 36.4 Å². The van der Waals surface area contributed by atoms with Crippen molar-refractivity contribution in [2.24, 2.45) is 7.05 Å². The normalized spacial score (nSPS) is 15.4. The number of imidazole rings is 1. The van der Waals surface area contributed by atoms with Crippen molar-refractivity contribution in [1.29, 1.82) is 0 Å². The number of rotatable bonds is 9. The van der Waals surface area contributed by atoms with Gasteiger partial charge in [-0.05, 0) is 50.6 Å². The van der Waals surface area contributed by atoms with Crippen molar-refractivity contribution < 1.29 is 30.7 Å². The zero-order chi connectivity index (χ0) is 30.1. The maximum Gasteiger partial charge on any atom is 0.417 e. The van der Waals surface area contributed by atoms with Crippen LogP contribution in [0, 0.1) is 0 Å². The summed E-state index contributed by atoms with van der Waals surface area (Å²) in [6.07, 6.45) is 4.46. The van der Waals surface area contributed by atoms with Crippen molar-refractivity contribution in [3.05, 3.63) is 81.9 Å². The van der Waals surface area contributed by atoms with Gasteiger partial charge in [0.05, 0.1) is 41.3 Å². The van der Waals surface area contributed by atoms with Crippen LogP contribution < -0.4 is 14.4 Å². The van der Waals surface area contributed by atoms with Gasteiger partial charge in [0, 0.05) is 30.3 Å². The molecule has 0 bridgehead atoms. The summed E-state index contributed by atoms with van der Waals surface area (Å²) in [7, 11) is -2.28. The van der Waals surface area contributed by atoms with Crippen molar-refractivity contribution in [3.8, 4) is 0 Å². The Balaban J connectivity index is 1.69. The number of allylic oxidation sites excluding steroid dienone is 4. The van der Waals surface area contributed by atoms with E-state index in [1.165, 1.54) is 6.07 Å². The highest BCUT2D eigenvalue weighted by Crippen LogP contribution is 2.47. The largest absolute Gasteiger partial charge is 0.417 e. The highest BCUT2D eigenvalue weighted by atomic mass is 35.5. The molecular formula is C28H30Cl2F3N4O3S+. The monoisotopic (exact) mass is 629 g/mol. The van der Waals surface area contributed by atoms with Crippen molar-refractivity contribution >= 4 is 61.8 Å². The maximum absolute atomic E-state index is 13.7. The predicted octanol–water partition coefficient (Wildman–Crippen LogP) is 6.85. The van der Waals surface area contributed by atoms with Crippen LogP contribution in [0.1, 0.15) is 31.7 Å². The smallest absolute Gasteiger partial charge is 0.326 e. The number of aryl methyl sites for hydroxylation is 2. The van der Waals surface area contributed by atoms with Gasteiger partial charge in [0.1, 0.15) is 5.82 Å². The lowest BCUT2D eigenvalue weighted by atomic mass is 10.1. The second-order valence-electron chi connectivity index (χ2n) is 9.42. The van der Waals surface area contributed by atoms with Gasteiger partial charge >= 0.3 is 6.18 Å². The Bertz CT molecular complexity index is 1660. The molecule has 220 valence electrons. The standard InChI is InChI=1S/C28H29Cl2F3N4O3S/c1-4-35-22-13-12-19(29)16-23(22)34(3)26(35)10-7-6-8-11-27-36(5-2)25-18-21(30)20(28(31,32)33)17-24(25)37(27)14-9-15-41(38,39)40/h6-8,10-13,16-18H,4-5,9,14-15H2,1-3H3/p+1. The second-order valence-corrected chi connectivity index (χ2v) is 11.8. The summed E-state index contributed by atoms with van der Waals surface area (Å²) in [4.78, 5) is 3.42. The molecule has 1 N–H and O–H groups in total. The van der Waals surface area contributed by atoms with Crippen molar-refractivity contribution in [2.45, 2.75) is 33.0 Å². The van der Waals surface area contributed by atoms with Crippen LogP contribution >= 0.6 is 23.2 Å².